The van der Waals surface area contributed by atoms with E-state index in [1.165, 1.54) is 6.42 Å². The van der Waals surface area contributed by atoms with E-state index < -0.39 is 18.0 Å². The van der Waals surface area contributed by atoms with Crippen LogP contribution in [0.3, 0.4) is 0 Å². The number of esters is 2. The lowest BCUT2D eigenvalue weighted by molar-refractivity contribution is -0.150. The zero-order valence-electron chi connectivity index (χ0n) is 18.0. The van der Waals surface area contributed by atoms with Gasteiger partial charge in [-0.25, -0.2) is 4.79 Å². The summed E-state index contributed by atoms with van der Waals surface area (Å²) >= 11 is 0. The minimum absolute atomic E-state index is 0.0357. The Morgan fingerprint density at radius 2 is 1.75 bits per heavy atom. The van der Waals surface area contributed by atoms with E-state index >= 15 is 0 Å². The van der Waals surface area contributed by atoms with Crippen molar-refractivity contribution in [3.8, 4) is 0 Å². The van der Waals surface area contributed by atoms with Crippen molar-refractivity contribution in [3.05, 3.63) is 0 Å². The highest BCUT2D eigenvalue weighted by Crippen LogP contribution is 2.35. The third kappa shape index (κ3) is 8.59. The van der Waals surface area contributed by atoms with Gasteiger partial charge in [-0.1, -0.05) is 27.2 Å². The maximum atomic E-state index is 12.4. The van der Waals surface area contributed by atoms with Gasteiger partial charge in [0.25, 0.3) is 0 Å². The van der Waals surface area contributed by atoms with Gasteiger partial charge in [0, 0.05) is 6.42 Å². The predicted octanol–water partition coefficient (Wildman–Crippen LogP) is 2.86. The average Bonchev–Trinajstić information content (AvgIpc) is 2.63. The Kier molecular flexibility index (Phi) is 11.1. The second kappa shape index (κ2) is 12.8. The zero-order valence-corrected chi connectivity index (χ0v) is 18.0. The molecule has 0 heterocycles. The highest BCUT2D eigenvalue weighted by Gasteiger charge is 2.32. The molecule has 0 aromatic carbocycles. The minimum Gasteiger partial charge on any atom is -0.466 e. The number of carbonyl (C=O) groups excluding carboxylic acids is 3. The SMILES string of the molecule is CCOC(=O)CC[C@@H](NC(=O)COC1CC(C)CCC1C(C)C)C(=O)OCC. The Hall–Kier alpha value is -1.63. The summed E-state index contributed by atoms with van der Waals surface area (Å²) in [5.41, 5.74) is 0. The fraction of sp³-hybridized carbons (Fsp3) is 0.857. The highest BCUT2D eigenvalue weighted by molar-refractivity contribution is 5.85. The number of hydrogen-bond donors (Lipinski definition) is 1. The van der Waals surface area contributed by atoms with Crippen molar-refractivity contribution in [2.24, 2.45) is 17.8 Å². The molecule has 1 N–H and O–H groups in total. The molecule has 28 heavy (non-hydrogen) atoms. The summed E-state index contributed by atoms with van der Waals surface area (Å²) in [4.78, 5) is 36.0. The molecule has 1 rings (SSSR count). The lowest BCUT2D eigenvalue weighted by Gasteiger charge is -2.37. The average molecular weight is 400 g/mol. The van der Waals surface area contributed by atoms with Gasteiger partial charge in [-0.3, -0.25) is 9.59 Å². The Morgan fingerprint density at radius 3 is 2.36 bits per heavy atom. The van der Waals surface area contributed by atoms with Crippen LogP contribution in [-0.2, 0) is 28.6 Å². The van der Waals surface area contributed by atoms with Gasteiger partial charge in [0.1, 0.15) is 12.6 Å². The van der Waals surface area contributed by atoms with E-state index in [2.05, 4.69) is 26.1 Å². The van der Waals surface area contributed by atoms with Gasteiger partial charge in [-0.05, 0) is 50.9 Å². The van der Waals surface area contributed by atoms with Crippen LogP contribution in [0.1, 0.15) is 66.7 Å². The van der Waals surface area contributed by atoms with E-state index in [0.717, 1.165) is 12.8 Å². The van der Waals surface area contributed by atoms with E-state index in [9.17, 15) is 14.4 Å². The first-order valence-corrected chi connectivity index (χ1v) is 10.5. The van der Waals surface area contributed by atoms with E-state index in [0.29, 0.717) is 17.8 Å². The molecule has 0 saturated heterocycles. The molecule has 162 valence electrons. The standard InChI is InChI=1S/C21H37NO6/c1-6-26-20(24)11-10-17(21(25)27-7-2)22-19(23)13-28-18-12-15(5)8-9-16(18)14(3)4/h14-18H,6-13H2,1-5H3,(H,22,23)/t15?,16?,17-,18?/m1/s1. The molecule has 0 aromatic heterocycles. The van der Waals surface area contributed by atoms with Crippen LogP contribution in [0.25, 0.3) is 0 Å². The topological polar surface area (TPSA) is 90.9 Å². The molecule has 0 aliphatic heterocycles. The Bertz CT molecular complexity index is 507. The molecule has 1 fully saturated rings. The van der Waals surface area contributed by atoms with Crippen molar-refractivity contribution in [1.29, 1.82) is 0 Å². The highest BCUT2D eigenvalue weighted by atomic mass is 16.5. The van der Waals surface area contributed by atoms with Crippen molar-refractivity contribution in [2.75, 3.05) is 19.8 Å². The van der Waals surface area contributed by atoms with E-state index in [1.54, 1.807) is 13.8 Å². The zero-order chi connectivity index (χ0) is 21.1. The number of carbonyl (C=O) groups is 3. The van der Waals surface area contributed by atoms with E-state index in [4.69, 9.17) is 14.2 Å². The minimum atomic E-state index is -0.883. The molecule has 7 nitrogen and oxygen atoms in total. The van der Waals surface area contributed by atoms with Crippen molar-refractivity contribution in [1.82, 2.24) is 5.32 Å². The summed E-state index contributed by atoms with van der Waals surface area (Å²) in [7, 11) is 0. The van der Waals surface area contributed by atoms with Crippen LogP contribution >= 0.6 is 0 Å². The molecule has 7 heteroatoms. The molecule has 1 aliphatic carbocycles. The monoisotopic (exact) mass is 399 g/mol. The van der Waals surface area contributed by atoms with Gasteiger partial charge in [0.05, 0.1) is 19.3 Å². The second-order valence-electron chi connectivity index (χ2n) is 7.89. The van der Waals surface area contributed by atoms with Gasteiger partial charge in [-0.2, -0.15) is 0 Å². The van der Waals surface area contributed by atoms with Gasteiger partial charge in [0.15, 0.2) is 0 Å². The molecular formula is C21H37NO6. The molecule has 0 spiro atoms. The quantitative estimate of drug-likeness (QED) is 0.537. The van der Waals surface area contributed by atoms with Crippen molar-refractivity contribution in [2.45, 2.75) is 78.9 Å². The van der Waals surface area contributed by atoms with Crippen molar-refractivity contribution in [3.63, 3.8) is 0 Å². The van der Waals surface area contributed by atoms with Crippen LogP contribution in [0.15, 0.2) is 0 Å². The smallest absolute Gasteiger partial charge is 0.328 e. The lowest BCUT2D eigenvalue weighted by atomic mass is 9.75. The summed E-state index contributed by atoms with van der Waals surface area (Å²) in [6, 6.07) is -0.883. The van der Waals surface area contributed by atoms with Gasteiger partial charge >= 0.3 is 11.9 Å². The van der Waals surface area contributed by atoms with Crippen LogP contribution < -0.4 is 5.32 Å². The molecule has 1 amide bonds. The van der Waals surface area contributed by atoms with Gasteiger partial charge < -0.3 is 19.5 Å². The van der Waals surface area contributed by atoms with Gasteiger partial charge in [0.2, 0.25) is 5.91 Å². The lowest BCUT2D eigenvalue weighted by Crippen LogP contribution is -2.45. The molecule has 3 unspecified atom stereocenters. The summed E-state index contributed by atoms with van der Waals surface area (Å²) in [6.07, 6.45) is 3.46. The number of ether oxygens (including phenoxy) is 3. The third-order valence-corrected chi connectivity index (χ3v) is 5.24. The predicted molar refractivity (Wildman–Crippen MR) is 106 cm³/mol. The Balaban J connectivity index is 2.58. The van der Waals surface area contributed by atoms with E-state index in [-0.39, 0.29) is 44.7 Å². The number of rotatable bonds is 11. The van der Waals surface area contributed by atoms with Crippen LogP contribution in [0.5, 0.6) is 0 Å². The maximum Gasteiger partial charge on any atom is 0.328 e. The fourth-order valence-corrected chi connectivity index (χ4v) is 3.71. The molecular weight excluding hydrogens is 362 g/mol. The number of amides is 1. The Labute approximate surface area is 168 Å². The number of hydrogen-bond acceptors (Lipinski definition) is 6. The summed E-state index contributed by atoms with van der Waals surface area (Å²) in [5, 5.41) is 2.65. The summed E-state index contributed by atoms with van der Waals surface area (Å²) in [6.45, 7) is 10.4. The third-order valence-electron chi connectivity index (χ3n) is 5.24. The van der Waals surface area contributed by atoms with Crippen LogP contribution in [0.2, 0.25) is 0 Å². The number of nitrogens with one attached hydrogen (secondary N) is 1. The molecule has 1 saturated carbocycles. The molecule has 0 radical (unpaired) electrons. The fourth-order valence-electron chi connectivity index (χ4n) is 3.71. The first-order chi connectivity index (χ1) is 13.3. The summed E-state index contributed by atoms with van der Waals surface area (Å²) in [5.74, 6) is 0.193. The van der Waals surface area contributed by atoms with Crippen LogP contribution in [-0.4, -0.2) is 49.8 Å². The van der Waals surface area contributed by atoms with Crippen LogP contribution in [0.4, 0.5) is 0 Å². The Morgan fingerprint density at radius 1 is 1.07 bits per heavy atom. The van der Waals surface area contributed by atoms with E-state index in [1.807, 2.05) is 0 Å². The van der Waals surface area contributed by atoms with Crippen molar-refractivity contribution < 1.29 is 28.6 Å². The maximum absolute atomic E-state index is 12.4. The normalized spacial score (nSPS) is 23.1. The second-order valence-corrected chi connectivity index (χ2v) is 7.89. The molecule has 0 aromatic rings. The molecule has 0 bridgehead atoms. The summed E-state index contributed by atoms with van der Waals surface area (Å²) < 4.78 is 15.8. The largest absolute Gasteiger partial charge is 0.466 e. The first-order valence-electron chi connectivity index (χ1n) is 10.5. The molecule has 4 atom stereocenters. The molecule has 1 aliphatic rings. The van der Waals surface area contributed by atoms with Crippen LogP contribution in [0, 0.1) is 17.8 Å². The van der Waals surface area contributed by atoms with Crippen molar-refractivity contribution >= 4 is 17.8 Å². The van der Waals surface area contributed by atoms with Gasteiger partial charge in [-0.15, -0.1) is 0 Å². The first kappa shape index (κ1) is 24.4.